The van der Waals surface area contributed by atoms with Crippen LogP contribution in [0.25, 0.3) is 0 Å². The summed E-state index contributed by atoms with van der Waals surface area (Å²) in [5.74, 6) is -1.66. The second-order valence-corrected chi connectivity index (χ2v) is 4.74. The van der Waals surface area contributed by atoms with E-state index in [1.807, 2.05) is 0 Å². The Kier molecular flexibility index (Phi) is 3.99. The van der Waals surface area contributed by atoms with E-state index < -0.39 is 11.9 Å². The Balaban J connectivity index is 2.21. The van der Waals surface area contributed by atoms with E-state index in [0.29, 0.717) is 4.47 Å². The molecule has 0 spiro atoms. The van der Waals surface area contributed by atoms with Crippen molar-refractivity contribution in [3.05, 3.63) is 52.3 Å². The molecule has 102 valence electrons. The number of nitrogens with zero attached hydrogens (tertiary/aromatic N) is 1. The number of pyridine rings is 1. The quantitative estimate of drug-likeness (QED) is 0.799. The molecule has 20 heavy (non-hydrogen) atoms. The summed E-state index contributed by atoms with van der Waals surface area (Å²) in [7, 11) is 0. The summed E-state index contributed by atoms with van der Waals surface area (Å²) in [5, 5.41) is 20.9. The number of amides is 1. The number of aromatic carboxylic acids is 1. The van der Waals surface area contributed by atoms with Gasteiger partial charge in [0.15, 0.2) is 0 Å². The monoisotopic (exact) mass is 336 g/mol. The number of aromatic hydroxyl groups is 1. The van der Waals surface area contributed by atoms with Gasteiger partial charge in [0, 0.05) is 11.8 Å². The molecule has 0 bridgehead atoms. The van der Waals surface area contributed by atoms with Gasteiger partial charge in [-0.25, -0.2) is 4.79 Å². The molecule has 0 saturated carbocycles. The van der Waals surface area contributed by atoms with Gasteiger partial charge in [0.2, 0.25) is 0 Å². The summed E-state index contributed by atoms with van der Waals surface area (Å²) in [6.07, 6.45) is 2.52. The fraction of sp³-hybridized carbons (Fsp3) is 0. The highest BCUT2D eigenvalue weighted by atomic mass is 79.9. The molecule has 1 heterocycles. The van der Waals surface area contributed by atoms with E-state index in [-0.39, 0.29) is 22.6 Å². The third kappa shape index (κ3) is 3.12. The molecule has 0 radical (unpaired) electrons. The van der Waals surface area contributed by atoms with Crippen LogP contribution in [0.1, 0.15) is 20.7 Å². The summed E-state index contributed by atoms with van der Waals surface area (Å²) < 4.78 is 0.476. The molecule has 2 rings (SSSR count). The van der Waals surface area contributed by atoms with Gasteiger partial charge in [-0.3, -0.25) is 9.78 Å². The molecule has 7 heteroatoms. The van der Waals surface area contributed by atoms with Crippen LogP contribution in [-0.2, 0) is 0 Å². The van der Waals surface area contributed by atoms with Gasteiger partial charge in [0.05, 0.1) is 21.9 Å². The third-order valence-corrected chi connectivity index (χ3v) is 3.12. The molecule has 2 aromatic rings. The number of phenols is 1. The second-order valence-electron chi connectivity index (χ2n) is 3.89. The van der Waals surface area contributed by atoms with Crippen molar-refractivity contribution in [3.63, 3.8) is 0 Å². The largest absolute Gasteiger partial charge is 0.507 e. The van der Waals surface area contributed by atoms with E-state index in [1.54, 1.807) is 0 Å². The number of hydrogen-bond donors (Lipinski definition) is 3. The Labute approximate surface area is 122 Å². The Hall–Kier alpha value is -2.41. The SMILES string of the molecule is O=C(O)c1cncc(NC(=O)c2ccc(Br)c(O)c2)c1. The van der Waals surface area contributed by atoms with E-state index >= 15 is 0 Å². The van der Waals surface area contributed by atoms with Crippen LogP contribution >= 0.6 is 15.9 Å². The van der Waals surface area contributed by atoms with Gasteiger partial charge >= 0.3 is 5.97 Å². The van der Waals surface area contributed by atoms with Crippen LogP contribution in [0.2, 0.25) is 0 Å². The Morgan fingerprint density at radius 3 is 2.55 bits per heavy atom. The first-order valence-corrected chi connectivity index (χ1v) is 6.25. The van der Waals surface area contributed by atoms with Crippen molar-refractivity contribution in [2.45, 2.75) is 0 Å². The van der Waals surface area contributed by atoms with Crippen molar-refractivity contribution in [1.29, 1.82) is 0 Å². The van der Waals surface area contributed by atoms with Crippen LogP contribution in [0.5, 0.6) is 5.75 Å². The summed E-state index contributed by atoms with van der Waals surface area (Å²) in [5.41, 5.74) is 0.477. The van der Waals surface area contributed by atoms with Crippen molar-refractivity contribution in [2.24, 2.45) is 0 Å². The summed E-state index contributed by atoms with van der Waals surface area (Å²) in [6, 6.07) is 5.66. The number of anilines is 1. The van der Waals surface area contributed by atoms with Crippen LogP contribution in [0.15, 0.2) is 41.1 Å². The number of carboxylic acid groups (broad SMARTS) is 1. The van der Waals surface area contributed by atoms with E-state index in [2.05, 4.69) is 26.2 Å². The zero-order valence-electron chi connectivity index (χ0n) is 10.0. The summed E-state index contributed by atoms with van der Waals surface area (Å²) in [6.45, 7) is 0. The van der Waals surface area contributed by atoms with E-state index in [1.165, 1.54) is 36.7 Å². The number of carbonyl (C=O) groups excluding carboxylic acids is 1. The Morgan fingerprint density at radius 2 is 1.90 bits per heavy atom. The molecule has 0 saturated heterocycles. The fourth-order valence-electron chi connectivity index (χ4n) is 1.48. The lowest BCUT2D eigenvalue weighted by molar-refractivity contribution is 0.0696. The average molecular weight is 337 g/mol. The number of hydrogen-bond acceptors (Lipinski definition) is 4. The van der Waals surface area contributed by atoms with Gasteiger partial charge in [-0.05, 0) is 40.2 Å². The van der Waals surface area contributed by atoms with Gasteiger partial charge in [-0.2, -0.15) is 0 Å². The first-order chi connectivity index (χ1) is 9.47. The van der Waals surface area contributed by atoms with E-state index in [4.69, 9.17) is 5.11 Å². The summed E-state index contributed by atoms with van der Waals surface area (Å²) in [4.78, 5) is 26.5. The normalized spacial score (nSPS) is 10.1. The van der Waals surface area contributed by atoms with Crippen LogP contribution in [0.3, 0.4) is 0 Å². The minimum absolute atomic E-state index is 0.0264. The second kappa shape index (κ2) is 5.70. The minimum Gasteiger partial charge on any atom is -0.507 e. The predicted molar refractivity (Wildman–Crippen MR) is 75.0 cm³/mol. The molecule has 0 fully saturated rings. The highest BCUT2D eigenvalue weighted by molar-refractivity contribution is 9.10. The Bertz CT molecular complexity index is 688. The highest BCUT2D eigenvalue weighted by Gasteiger charge is 2.10. The lowest BCUT2D eigenvalue weighted by Gasteiger charge is -2.06. The van der Waals surface area contributed by atoms with Crippen LogP contribution in [0, 0.1) is 0 Å². The number of rotatable bonds is 3. The molecular formula is C13H9BrN2O4. The first-order valence-electron chi connectivity index (χ1n) is 5.45. The number of aromatic nitrogens is 1. The van der Waals surface area contributed by atoms with Crippen molar-refractivity contribution in [3.8, 4) is 5.75 Å². The minimum atomic E-state index is -1.13. The maximum Gasteiger partial charge on any atom is 0.337 e. The average Bonchev–Trinajstić information content (AvgIpc) is 2.42. The van der Waals surface area contributed by atoms with Gasteiger partial charge in [-0.15, -0.1) is 0 Å². The first kappa shape index (κ1) is 14.0. The van der Waals surface area contributed by atoms with Gasteiger partial charge in [0.1, 0.15) is 5.75 Å². The van der Waals surface area contributed by atoms with E-state index in [9.17, 15) is 14.7 Å². The molecule has 1 aromatic carbocycles. The maximum atomic E-state index is 11.9. The number of halogens is 1. The lowest BCUT2D eigenvalue weighted by atomic mass is 10.2. The van der Waals surface area contributed by atoms with E-state index in [0.717, 1.165) is 0 Å². The predicted octanol–water partition coefficient (Wildman–Crippen LogP) is 2.50. The molecule has 0 atom stereocenters. The molecule has 1 aromatic heterocycles. The van der Waals surface area contributed by atoms with Gasteiger partial charge < -0.3 is 15.5 Å². The molecule has 0 aliphatic carbocycles. The fourth-order valence-corrected chi connectivity index (χ4v) is 1.73. The van der Waals surface area contributed by atoms with Gasteiger partial charge in [0.25, 0.3) is 5.91 Å². The zero-order valence-corrected chi connectivity index (χ0v) is 11.6. The van der Waals surface area contributed by atoms with Gasteiger partial charge in [-0.1, -0.05) is 0 Å². The molecule has 0 aliphatic rings. The lowest BCUT2D eigenvalue weighted by Crippen LogP contribution is -2.12. The van der Waals surface area contributed by atoms with Crippen molar-refractivity contribution in [1.82, 2.24) is 4.98 Å². The maximum absolute atomic E-state index is 11.9. The molecule has 0 aliphatic heterocycles. The molecule has 3 N–H and O–H groups in total. The molecular weight excluding hydrogens is 328 g/mol. The molecule has 0 unspecified atom stereocenters. The number of phenolic OH excluding ortho intramolecular Hbond substituents is 1. The van der Waals surface area contributed by atoms with Crippen molar-refractivity contribution >= 4 is 33.5 Å². The van der Waals surface area contributed by atoms with Crippen LogP contribution in [-0.4, -0.2) is 27.1 Å². The molecule has 6 nitrogen and oxygen atoms in total. The van der Waals surface area contributed by atoms with Crippen molar-refractivity contribution in [2.75, 3.05) is 5.32 Å². The zero-order chi connectivity index (χ0) is 14.7. The molecule has 1 amide bonds. The Morgan fingerprint density at radius 1 is 1.15 bits per heavy atom. The number of nitrogens with one attached hydrogen (secondary N) is 1. The third-order valence-electron chi connectivity index (χ3n) is 2.45. The standard InChI is InChI=1S/C13H9BrN2O4/c14-10-2-1-7(4-11(10)17)12(18)16-9-3-8(13(19)20)5-15-6-9/h1-6,17H,(H,16,18)(H,19,20). The highest BCUT2D eigenvalue weighted by Crippen LogP contribution is 2.24. The van der Waals surface area contributed by atoms with Crippen LogP contribution < -0.4 is 5.32 Å². The number of carbonyl (C=O) groups is 2. The smallest absolute Gasteiger partial charge is 0.337 e. The van der Waals surface area contributed by atoms with Crippen LogP contribution in [0.4, 0.5) is 5.69 Å². The summed E-state index contributed by atoms with van der Waals surface area (Å²) >= 11 is 3.11. The van der Waals surface area contributed by atoms with Crippen molar-refractivity contribution < 1.29 is 19.8 Å². The number of carboxylic acids is 1. The topological polar surface area (TPSA) is 99.5 Å². The number of benzene rings is 1.